The molecule has 0 aliphatic carbocycles. The summed E-state index contributed by atoms with van der Waals surface area (Å²) in [6.07, 6.45) is 0. The quantitative estimate of drug-likeness (QED) is 0.833. The Kier molecular flexibility index (Phi) is 4.32. The monoisotopic (exact) mass is 321 g/mol. The van der Waals surface area contributed by atoms with Gasteiger partial charge < -0.3 is 15.2 Å². The Morgan fingerprint density at radius 3 is 2.68 bits per heavy atom. The maximum absolute atomic E-state index is 9.38. The molecule has 2 aromatic carbocycles. The highest BCUT2D eigenvalue weighted by atomic mass is 79.9. The van der Waals surface area contributed by atoms with E-state index < -0.39 is 0 Å². The molecule has 0 aromatic heterocycles. The second-order valence-electron chi connectivity index (χ2n) is 4.31. The Morgan fingerprint density at radius 2 is 2.00 bits per heavy atom. The van der Waals surface area contributed by atoms with Gasteiger partial charge in [0.15, 0.2) is 0 Å². The van der Waals surface area contributed by atoms with Crippen molar-refractivity contribution in [2.24, 2.45) is 0 Å². The fraction of sp³-hybridized carbons (Fsp3) is 0.200. The smallest absolute Gasteiger partial charge is 0.119 e. The van der Waals surface area contributed by atoms with Crippen LogP contribution in [0.3, 0.4) is 0 Å². The lowest BCUT2D eigenvalue weighted by Crippen LogP contribution is -2.02. The number of aryl methyl sites for hydroxylation is 1. The molecule has 2 N–H and O–H groups in total. The molecule has 4 heteroatoms. The molecular weight excluding hydrogens is 306 g/mol. The molecule has 0 heterocycles. The standard InChI is InChI=1S/C15H16BrNO2/c1-10-7-12(18)3-6-15(10)17-9-11-8-13(19-2)4-5-14(11)16/h3-8,17-18H,9H2,1-2H3. The molecule has 2 rings (SSSR count). The topological polar surface area (TPSA) is 41.5 Å². The first-order chi connectivity index (χ1) is 9.10. The van der Waals surface area contributed by atoms with Crippen LogP contribution in [0.4, 0.5) is 5.69 Å². The van der Waals surface area contributed by atoms with E-state index in [1.165, 1.54) is 0 Å². The van der Waals surface area contributed by atoms with Crippen LogP contribution in [0.2, 0.25) is 0 Å². The van der Waals surface area contributed by atoms with E-state index in [9.17, 15) is 5.11 Å². The van der Waals surface area contributed by atoms with E-state index in [2.05, 4.69) is 21.2 Å². The van der Waals surface area contributed by atoms with Crippen LogP contribution in [0.1, 0.15) is 11.1 Å². The summed E-state index contributed by atoms with van der Waals surface area (Å²) < 4.78 is 6.26. The molecule has 0 aliphatic heterocycles. The van der Waals surface area contributed by atoms with Gasteiger partial charge in [-0.15, -0.1) is 0 Å². The summed E-state index contributed by atoms with van der Waals surface area (Å²) in [5, 5.41) is 12.7. The molecule has 3 nitrogen and oxygen atoms in total. The van der Waals surface area contributed by atoms with E-state index in [4.69, 9.17) is 4.74 Å². The number of benzene rings is 2. The average molecular weight is 322 g/mol. The number of phenols is 1. The van der Waals surface area contributed by atoms with Gasteiger partial charge in [-0.1, -0.05) is 15.9 Å². The van der Waals surface area contributed by atoms with Crippen LogP contribution < -0.4 is 10.1 Å². The Morgan fingerprint density at radius 1 is 1.21 bits per heavy atom. The van der Waals surface area contributed by atoms with Crippen molar-refractivity contribution in [2.45, 2.75) is 13.5 Å². The van der Waals surface area contributed by atoms with Gasteiger partial charge in [0, 0.05) is 16.7 Å². The van der Waals surface area contributed by atoms with E-state index in [0.717, 1.165) is 27.0 Å². The number of anilines is 1. The molecule has 0 spiro atoms. The van der Waals surface area contributed by atoms with E-state index in [1.807, 2.05) is 31.2 Å². The van der Waals surface area contributed by atoms with Crippen molar-refractivity contribution in [3.05, 3.63) is 52.0 Å². The Balaban J connectivity index is 2.14. The summed E-state index contributed by atoms with van der Waals surface area (Å²) in [6.45, 7) is 2.64. The van der Waals surface area contributed by atoms with Gasteiger partial charge in [-0.25, -0.2) is 0 Å². The lowest BCUT2D eigenvalue weighted by Gasteiger charge is -2.12. The zero-order valence-electron chi connectivity index (χ0n) is 10.9. The predicted molar refractivity (Wildman–Crippen MR) is 80.9 cm³/mol. The van der Waals surface area contributed by atoms with Crippen LogP contribution in [0.5, 0.6) is 11.5 Å². The van der Waals surface area contributed by atoms with Gasteiger partial charge >= 0.3 is 0 Å². The molecule has 0 bridgehead atoms. The zero-order valence-corrected chi connectivity index (χ0v) is 12.5. The second-order valence-corrected chi connectivity index (χ2v) is 5.16. The molecule has 100 valence electrons. The molecule has 0 fully saturated rings. The first-order valence-corrected chi connectivity index (χ1v) is 6.75. The van der Waals surface area contributed by atoms with Crippen molar-refractivity contribution < 1.29 is 9.84 Å². The van der Waals surface area contributed by atoms with Crippen LogP contribution >= 0.6 is 15.9 Å². The Hall–Kier alpha value is -1.68. The van der Waals surface area contributed by atoms with Crippen LogP contribution in [0.25, 0.3) is 0 Å². The summed E-state index contributed by atoms with van der Waals surface area (Å²) in [6, 6.07) is 11.2. The second kappa shape index (κ2) is 5.97. The predicted octanol–water partition coefficient (Wildman–Crippen LogP) is 4.08. The lowest BCUT2D eigenvalue weighted by molar-refractivity contribution is 0.414. The Bertz CT molecular complexity index is 584. The van der Waals surface area contributed by atoms with Crippen molar-refractivity contribution in [1.82, 2.24) is 0 Å². The number of phenolic OH excluding ortho intramolecular Hbond substituents is 1. The summed E-state index contributed by atoms with van der Waals surface area (Å²) in [5.74, 6) is 1.12. The van der Waals surface area contributed by atoms with E-state index in [0.29, 0.717) is 6.54 Å². The van der Waals surface area contributed by atoms with Crippen molar-refractivity contribution >= 4 is 21.6 Å². The number of hydrogen-bond donors (Lipinski definition) is 2. The molecule has 2 aromatic rings. The average Bonchev–Trinajstić information content (AvgIpc) is 2.39. The first-order valence-electron chi connectivity index (χ1n) is 5.96. The van der Waals surface area contributed by atoms with Crippen molar-refractivity contribution in [3.63, 3.8) is 0 Å². The number of nitrogens with one attached hydrogen (secondary N) is 1. The van der Waals surface area contributed by atoms with Crippen LogP contribution in [-0.4, -0.2) is 12.2 Å². The lowest BCUT2D eigenvalue weighted by atomic mass is 10.1. The number of aromatic hydroxyl groups is 1. The van der Waals surface area contributed by atoms with E-state index in [-0.39, 0.29) is 5.75 Å². The van der Waals surface area contributed by atoms with Crippen molar-refractivity contribution in [1.29, 1.82) is 0 Å². The largest absolute Gasteiger partial charge is 0.508 e. The molecule has 0 amide bonds. The van der Waals surface area contributed by atoms with Crippen molar-refractivity contribution in [2.75, 3.05) is 12.4 Å². The summed E-state index contributed by atoms with van der Waals surface area (Å²) in [4.78, 5) is 0. The summed E-state index contributed by atoms with van der Waals surface area (Å²) >= 11 is 3.53. The SMILES string of the molecule is COc1ccc(Br)c(CNc2ccc(O)cc2C)c1. The van der Waals surface area contributed by atoms with Crippen LogP contribution in [0.15, 0.2) is 40.9 Å². The van der Waals surface area contributed by atoms with Gasteiger partial charge in [-0.3, -0.25) is 0 Å². The molecule has 19 heavy (non-hydrogen) atoms. The zero-order chi connectivity index (χ0) is 13.8. The maximum Gasteiger partial charge on any atom is 0.119 e. The number of methoxy groups -OCH3 is 1. The van der Waals surface area contributed by atoms with Gasteiger partial charge in [0.2, 0.25) is 0 Å². The number of ether oxygens (including phenoxy) is 1. The van der Waals surface area contributed by atoms with E-state index in [1.54, 1.807) is 19.2 Å². The van der Waals surface area contributed by atoms with Gasteiger partial charge in [0.1, 0.15) is 11.5 Å². The molecule has 0 unspecified atom stereocenters. The van der Waals surface area contributed by atoms with Gasteiger partial charge in [0.05, 0.1) is 7.11 Å². The van der Waals surface area contributed by atoms with Crippen LogP contribution in [-0.2, 0) is 6.54 Å². The maximum atomic E-state index is 9.38. The van der Waals surface area contributed by atoms with Crippen LogP contribution in [0, 0.1) is 6.92 Å². The fourth-order valence-corrected chi connectivity index (χ4v) is 2.24. The molecule has 0 atom stereocenters. The summed E-state index contributed by atoms with van der Waals surface area (Å²) in [5.41, 5.74) is 3.14. The minimum Gasteiger partial charge on any atom is -0.508 e. The molecule has 0 saturated heterocycles. The number of rotatable bonds is 4. The third kappa shape index (κ3) is 3.41. The van der Waals surface area contributed by atoms with Gasteiger partial charge in [0.25, 0.3) is 0 Å². The minimum absolute atomic E-state index is 0.283. The van der Waals surface area contributed by atoms with Gasteiger partial charge in [-0.05, 0) is 54.4 Å². The number of hydrogen-bond acceptors (Lipinski definition) is 3. The molecular formula is C15H16BrNO2. The van der Waals surface area contributed by atoms with Crippen molar-refractivity contribution in [3.8, 4) is 11.5 Å². The normalized spacial score (nSPS) is 10.3. The van der Waals surface area contributed by atoms with Gasteiger partial charge in [-0.2, -0.15) is 0 Å². The fourth-order valence-electron chi connectivity index (χ4n) is 1.85. The van der Waals surface area contributed by atoms with E-state index >= 15 is 0 Å². The molecule has 0 saturated carbocycles. The molecule has 0 aliphatic rings. The molecule has 0 radical (unpaired) electrons. The number of halogens is 1. The third-order valence-electron chi connectivity index (χ3n) is 2.93. The first kappa shape index (κ1) is 13.7. The highest BCUT2D eigenvalue weighted by Crippen LogP contribution is 2.25. The minimum atomic E-state index is 0.283. The summed E-state index contributed by atoms with van der Waals surface area (Å²) in [7, 11) is 1.66. The highest BCUT2D eigenvalue weighted by molar-refractivity contribution is 9.10. The Labute approximate surface area is 121 Å². The highest BCUT2D eigenvalue weighted by Gasteiger charge is 2.04. The third-order valence-corrected chi connectivity index (χ3v) is 3.71.